The maximum atomic E-state index is 8.73. The van der Waals surface area contributed by atoms with Gasteiger partial charge in [0.1, 0.15) is 14.2 Å². The molecule has 0 spiro atoms. The fraction of sp³-hybridized carbons (Fsp3) is 1.00. The monoisotopic (exact) mass is 204 g/mol. The molecule has 0 aliphatic carbocycles. The third kappa shape index (κ3) is 2.77. The molecule has 1 saturated heterocycles. The molecule has 1 heterocycles. The van der Waals surface area contributed by atoms with E-state index in [0.29, 0.717) is 6.61 Å². The van der Waals surface area contributed by atoms with Gasteiger partial charge >= 0.3 is 0 Å². The van der Waals surface area contributed by atoms with Gasteiger partial charge in [0.05, 0.1) is 13.2 Å². The van der Waals surface area contributed by atoms with Crippen molar-refractivity contribution in [3.8, 4) is 0 Å². The van der Waals surface area contributed by atoms with Gasteiger partial charge in [0.15, 0.2) is 0 Å². The molecule has 1 unspecified atom stereocenters. The molecule has 4 heteroatoms. The van der Waals surface area contributed by atoms with E-state index in [1.54, 1.807) is 0 Å². The van der Waals surface area contributed by atoms with Crippen LogP contribution in [0.15, 0.2) is 0 Å². The molecule has 0 aromatic carbocycles. The number of aliphatic hydroxyl groups excluding tert-OH is 1. The van der Waals surface area contributed by atoms with Crippen molar-refractivity contribution in [3.05, 3.63) is 0 Å². The molecule has 0 saturated carbocycles. The molecule has 1 aliphatic rings. The molecule has 0 bridgehead atoms. The van der Waals surface area contributed by atoms with Crippen LogP contribution in [0.1, 0.15) is 19.3 Å². The van der Waals surface area contributed by atoms with Gasteiger partial charge in [-0.2, -0.15) is 0 Å². The summed E-state index contributed by atoms with van der Waals surface area (Å²) in [6.45, 7) is 5.79. The van der Waals surface area contributed by atoms with E-state index in [-0.39, 0.29) is 12.0 Å². The second kappa shape index (κ2) is 5.10. The summed E-state index contributed by atoms with van der Waals surface area (Å²) < 4.78 is 11.4. The summed E-state index contributed by atoms with van der Waals surface area (Å²) in [4.78, 5) is 0. The Morgan fingerprint density at radius 1 is 1.46 bits per heavy atom. The Balaban J connectivity index is 2.51. The summed E-state index contributed by atoms with van der Waals surface area (Å²) >= 11 is 0. The molecule has 1 rings (SSSR count). The lowest BCUT2D eigenvalue weighted by molar-refractivity contribution is -0.206. The van der Waals surface area contributed by atoms with E-state index in [1.165, 1.54) is 6.42 Å². The molecule has 0 radical (unpaired) electrons. The van der Waals surface area contributed by atoms with E-state index in [0.717, 1.165) is 19.4 Å². The highest BCUT2D eigenvalue weighted by atomic mass is 28.3. The van der Waals surface area contributed by atoms with Crippen molar-refractivity contribution in [2.75, 3.05) is 19.8 Å². The predicted octanol–water partition coefficient (Wildman–Crippen LogP) is 0.918. The summed E-state index contributed by atoms with van der Waals surface area (Å²) in [6.07, 6.45) is 3.35. The first-order chi connectivity index (χ1) is 6.21. The summed E-state index contributed by atoms with van der Waals surface area (Å²) in [5, 5.41) is 8.73. The van der Waals surface area contributed by atoms with Crippen LogP contribution in [0.3, 0.4) is 0 Å². The number of hydrogen-bond acceptors (Lipinski definition) is 3. The molecular weight excluding hydrogens is 184 g/mol. The molecule has 0 amide bonds. The van der Waals surface area contributed by atoms with E-state index < -0.39 is 8.80 Å². The van der Waals surface area contributed by atoms with Gasteiger partial charge in [-0.25, -0.2) is 0 Å². The van der Waals surface area contributed by atoms with Crippen LogP contribution < -0.4 is 0 Å². The maximum absolute atomic E-state index is 8.73. The lowest BCUT2D eigenvalue weighted by Crippen LogP contribution is -2.50. The Labute approximate surface area is 81.7 Å². The summed E-state index contributed by atoms with van der Waals surface area (Å²) in [7, 11) is -0.975. The minimum atomic E-state index is -0.975. The number of ether oxygens (including phenoxy) is 2. The molecular formula is C9H20O3Si. The van der Waals surface area contributed by atoms with Crippen LogP contribution in [0, 0.1) is 0 Å². The largest absolute Gasteiger partial charge is 0.394 e. The number of rotatable bonds is 4. The minimum Gasteiger partial charge on any atom is -0.394 e. The van der Waals surface area contributed by atoms with Crippen molar-refractivity contribution in [1.29, 1.82) is 0 Å². The number of aliphatic hydroxyl groups is 1. The van der Waals surface area contributed by atoms with Crippen LogP contribution in [0.5, 0.6) is 0 Å². The average molecular weight is 204 g/mol. The normalized spacial score (nSPS) is 29.5. The van der Waals surface area contributed by atoms with Gasteiger partial charge < -0.3 is 14.6 Å². The SMILES string of the molecule is C[SiH](C)C1(OCCO)CCCCO1. The summed E-state index contributed by atoms with van der Waals surface area (Å²) in [5.41, 5.74) is -0.291. The van der Waals surface area contributed by atoms with Crippen LogP contribution in [0.25, 0.3) is 0 Å². The van der Waals surface area contributed by atoms with Crippen molar-refractivity contribution in [2.24, 2.45) is 0 Å². The Morgan fingerprint density at radius 3 is 2.69 bits per heavy atom. The first-order valence-corrected chi connectivity index (χ1v) is 7.99. The standard InChI is InChI=1S/C9H20O3Si/c1-13(2)9(12-8-6-10)5-3-4-7-11-9/h10,13H,3-8H2,1-2H3. The fourth-order valence-electron chi connectivity index (χ4n) is 1.74. The van der Waals surface area contributed by atoms with Crippen LogP contribution in [-0.4, -0.2) is 39.1 Å². The summed E-state index contributed by atoms with van der Waals surface area (Å²) in [6, 6.07) is 0. The van der Waals surface area contributed by atoms with E-state index in [9.17, 15) is 0 Å². The van der Waals surface area contributed by atoms with Crippen molar-refractivity contribution in [2.45, 2.75) is 37.8 Å². The fourth-order valence-corrected chi connectivity index (χ4v) is 3.43. The smallest absolute Gasteiger partial charge is 0.148 e. The molecule has 1 aliphatic heterocycles. The lowest BCUT2D eigenvalue weighted by atomic mass is 10.2. The third-order valence-corrected chi connectivity index (χ3v) is 4.96. The van der Waals surface area contributed by atoms with Gasteiger partial charge in [-0.05, 0) is 19.3 Å². The zero-order chi connectivity index (χ0) is 9.73. The van der Waals surface area contributed by atoms with Gasteiger partial charge in [0, 0.05) is 6.61 Å². The molecule has 1 N–H and O–H groups in total. The first-order valence-electron chi connectivity index (χ1n) is 5.10. The minimum absolute atomic E-state index is 0.0895. The highest BCUT2D eigenvalue weighted by molar-refractivity contribution is 6.58. The first kappa shape index (κ1) is 11.2. The van der Waals surface area contributed by atoms with Gasteiger partial charge in [0.2, 0.25) is 0 Å². The molecule has 0 aromatic heterocycles. The van der Waals surface area contributed by atoms with Gasteiger partial charge in [0.25, 0.3) is 0 Å². The Bertz CT molecular complexity index is 144. The van der Waals surface area contributed by atoms with Crippen LogP contribution in [-0.2, 0) is 9.47 Å². The highest BCUT2D eigenvalue weighted by Gasteiger charge is 2.37. The van der Waals surface area contributed by atoms with Crippen LogP contribution in [0.4, 0.5) is 0 Å². The van der Waals surface area contributed by atoms with Crippen molar-refractivity contribution in [3.63, 3.8) is 0 Å². The average Bonchev–Trinajstić information content (AvgIpc) is 2.16. The second-order valence-corrected chi connectivity index (χ2v) is 7.03. The van der Waals surface area contributed by atoms with Gasteiger partial charge in [-0.1, -0.05) is 13.1 Å². The van der Waals surface area contributed by atoms with E-state index in [2.05, 4.69) is 13.1 Å². The number of hydrogen-bond donors (Lipinski definition) is 1. The molecule has 13 heavy (non-hydrogen) atoms. The zero-order valence-corrected chi connectivity index (χ0v) is 9.74. The lowest BCUT2D eigenvalue weighted by Gasteiger charge is -2.40. The van der Waals surface area contributed by atoms with E-state index in [1.807, 2.05) is 0 Å². The van der Waals surface area contributed by atoms with Crippen molar-refractivity contribution >= 4 is 8.80 Å². The second-order valence-electron chi connectivity index (χ2n) is 3.84. The molecule has 78 valence electrons. The van der Waals surface area contributed by atoms with E-state index in [4.69, 9.17) is 14.6 Å². The molecule has 3 nitrogen and oxygen atoms in total. The van der Waals surface area contributed by atoms with Crippen molar-refractivity contribution in [1.82, 2.24) is 0 Å². The predicted molar refractivity (Wildman–Crippen MR) is 54.4 cm³/mol. The van der Waals surface area contributed by atoms with Crippen LogP contribution >= 0.6 is 0 Å². The van der Waals surface area contributed by atoms with Gasteiger partial charge in [-0.15, -0.1) is 0 Å². The molecule has 1 atom stereocenters. The molecule has 0 aromatic rings. The molecule has 1 fully saturated rings. The zero-order valence-electron chi connectivity index (χ0n) is 8.58. The van der Waals surface area contributed by atoms with Gasteiger partial charge in [-0.3, -0.25) is 0 Å². The van der Waals surface area contributed by atoms with Crippen LogP contribution in [0.2, 0.25) is 13.1 Å². The third-order valence-electron chi connectivity index (χ3n) is 2.58. The topological polar surface area (TPSA) is 38.7 Å². The van der Waals surface area contributed by atoms with E-state index >= 15 is 0 Å². The Hall–Kier alpha value is 0.0969. The summed E-state index contributed by atoms with van der Waals surface area (Å²) in [5.74, 6) is 0. The Kier molecular flexibility index (Phi) is 4.38. The van der Waals surface area contributed by atoms with Crippen molar-refractivity contribution < 1.29 is 14.6 Å². The quantitative estimate of drug-likeness (QED) is 0.692. The Morgan fingerprint density at radius 2 is 2.23 bits per heavy atom. The maximum Gasteiger partial charge on any atom is 0.148 e. The highest BCUT2D eigenvalue weighted by Crippen LogP contribution is 2.28.